The summed E-state index contributed by atoms with van der Waals surface area (Å²) in [5, 5.41) is 19.8. The van der Waals surface area contributed by atoms with E-state index in [1.54, 1.807) is 11.8 Å². The third-order valence-electron chi connectivity index (χ3n) is 4.87. The fourth-order valence-electron chi connectivity index (χ4n) is 3.48. The van der Waals surface area contributed by atoms with Crippen molar-refractivity contribution in [2.24, 2.45) is 0 Å². The molecule has 0 radical (unpaired) electrons. The maximum atomic E-state index is 8.68. The van der Waals surface area contributed by atoms with Gasteiger partial charge in [0.2, 0.25) is 0 Å². The number of aromatic amines is 1. The van der Waals surface area contributed by atoms with Gasteiger partial charge >= 0.3 is 0 Å². The monoisotopic (exact) mass is 381 g/mol. The molecule has 140 valence electrons. The number of fused-ring (bicyclic) bond motifs is 1. The number of nitrogens with one attached hydrogen (secondary N) is 1. The molecule has 1 unspecified atom stereocenters. The van der Waals surface area contributed by atoms with Crippen molar-refractivity contribution in [3.63, 3.8) is 0 Å². The number of H-pyrrole nitrogens is 1. The number of nitrogens with zero attached hydrogens (tertiary/aromatic N) is 4. The Morgan fingerprint density at radius 2 is 2.22 bits per heavy atom. The van der Waals surface area contributed by atoms with Gasteiger partial charge in [-0.05, 0) is 31.7 Å². The molecule has 27 heavy (non-hydrogen) atoms. The molecule has 1 N–H and O–H groups in total. The van der Waals surface area contributed by atoms with Gasteiger partial charge in [-0.15, -0.1) is 10.2 Å². The predicted octanol–water partition coefficient (Wildman–Crippen LogP) is 4.39. The zero-order valence-corrected chi connectivity index (χ0v) is 16.0. The lowest BCUT2D eigenvalue weighted by Gasteiger charge is -2.14. The Labute approximate surface area is 162 Å². The Morgan fingerprint density at radius 1 is 1.30 bits per heavy atom. The summed E-state index contributed by atoms with van der Waals surface area (Å²) in [5.41, 5.74) is 2.18. The highest BCUT2D eigenvalue weighted by atomic mass is 32.2. The number of unbranched alkanes of at least 4 members (excludes halogenated alkanes) is 2. The van der Waals surface area contributed by atoms with E-state index in [0.29, 0.717) is 6.42 Å². The Morgan fingerprint density at radius 3 is 3.07 bits per heavy atom. The molecule has 1 saturated heterocycles. The van der Waals surface area contributed by atoms with Crippen LogP contribution in [0.15, 0.2) is 35.6 Å². The standard InChI is InChI=1S/C20H23N5OS/c21-10-4-1-5-12-27-20-24-23-19(25(20)14-15-7-6-11-26-15)17-13-22-18-9-3-2-8-16(17)18/h2-3,8-9,13,15,22H,1,4-7,11-12,14H2. The summed E-state index contributed by atoms with van der Waals surface area (Å²) in [6, 6.07) is 10.5. The van der Waals surface area contributed by atoms with Crippen molar-refractivity contribution >= 4 is 22.7 Å². The van der Waals surface area contributed by atoms with E-state index in [1.807, 2.05) is 18.3 Å². The van der Waals surface area contributed by atoms with Crippen molar-refractivity contribution in [3.05, 3.63) is 30.5 Å². The Hall–Kier alpha value is -2.30. The number of hydrogen-bond donors (Lipinski definition) is 1. The molecular formula is C20H23N5OS. The molecule has 1 aliphatic rings. The molecule has 7 heteroatoms. The third-order valence-corrected chi connectivity index (χ3v) is 5.92. The minimum absolute atomic E-state index is 0.225. The quantitative estimate of drug-likeness (QED) is 0.462. The van der Waals surface area contributed by atoms with Gasteiger partial charge in [0, 0.05) is 41.4 Å². The van der Waals surface area contributed by atoms with E-state index in [2.05, 4.69) is 38.0 Å². The summed E-state index contributed by atoms with van der Waals surface area (Å²) in [6.45, 7) is 1.62. The molecule has 0 saturated carbocycles. The van der Waals surface area contributed by atoms with Gasteiger partial charge in [0.1, 0.15) is 0 Å². The first-order valence-corrected chi connectivity index (χ1v) is 10.5. The van der Waals surface area contributed by atoms with Gasteiger partial charge in [-0.1, -0.05) is 30.0 Å². The minimum atomic E-state index is 0.225. The SMILES string of the molecule is N#CCCCCSc1nnc(-c2c[nH]c3ccccc23)n1CC1CCCO1. The second-order valence-electron chi connectivity index (χ2n) is 6.76. The Kier molecular flexibility index (Phi) is 5.75. The van der Waals surface area contributed by atoms with E-state index in [1.165, 1.54) is 0 Å². The van der Waals surface area contributed by atoms with Gasteiger partial charge in [0.15, 0.2) is 11.0 Å². The summed E-state index contributed by atoms with van der Waals surface area (Å²) in [4.78, 5) is 3.33. The summed E-state index contributed by atoms with van der Waals surface area (Å²) in [6.07, 6.45) is 6.99. The lowest BCUT2D eigenvalue weighted by Crippen LogP contribution is -2.16. The van der Waals surface area contributed by atoms with E-state index in [4.69, 9.17) is 10.00 Å². The molecule has 0 aliphatic carbocycles. The molecule has 0 amide bonds. The van der Waals surface area contributed by atoms with Gasteiger partial charge in [-0.25, -0.2) is 0 Å². The van der Waals surface area contributed by atoms with Crippen LogP contribution in [-0.4, -0.2) is 38.2 Å². The fourth-order valence-corrected chi connectivity index (χ4v) is 4.42. The second-order valence-corrected chi connectivity index (χ2v) is 7.83. The normalized spacial score (nSPS) is 16.8. The first-order chi connectivity index (χ1) is 13.4. The molecule has 1 fully saturated rings. The van der Waals surface area contributed by atoms with Gasteiger partial charge in [0.25, 0.3) is 0 Å². The van der Waals surface area contributed by atoms with Crippen molar-refractivity contribution in [1.82, 2.24) is 19.7 Å². The molecule has 3 heterocycles. The lowest BCUT2D eigenvalue weighted by molar-refractivity contribution is 0.0953. The number of para-hydroxylation sites is 1. The van der Waals surface area contributed by atoms with Crippen LogP contribution in [0.4, 0.5) is 0 Å². The van der Waals surface area contributed by atoms with Crippen molar-refractivity contribution in [1.29, 1.82) is 5.26 Å². The molecule has 1 aliphatic heterocycles. The van der Waals surface area contributed by atoms with E-state index in [-0.39, 0.29) is 6.10 Å². The average molecular weight is 382 g/mol. The van der Waals surface area contributed by atoms with Gasteiger partial charge in [-0.3, -0.25) is 4.57 Å². The molecule has 0 bridgehead atoms. The predicted molar refractivity (Wildman–Crippen MR) is 106 cm³/mol. The van der Waals surface area contributed by atoms with E-state index < -0.39 is 0 Å². The number of ether oxygens (including phenoxy) is 1. The van der Waals surface area contributed by atoms with Crippen molar-refractivity contribution < 1.29 is 4.74 Å². The fraction of sp³-hybridized carbons (Fsp3) is 0.450. The largest absolute Gasteiger partial charge is 0.376 e. The van der Waals surface area contributed by atoms with E-state index in [0.717, 1.165) is 72.0 Å². The third kappa shape index (κ3) is 4.02. The van der Waals surface area contributed by atoms with Crippen molar-refractivity contribution in [3.8, 4) is 17.5 Å². The molecule has 4 rings (SSSR count). The average Bonchev–Trinajstić information content (AvgIpc) is 3.42. The molecular weight excluding hydrogens is 358 g/mol. The van der Waals surface area contributed by atoms with Crippen LogP contribution in [0.25, 0.3) is 22.3 Å². The minimum Gasteiger partial charge on any atom is -0.376 e. The van der Waals surface area contributed by atoms with Crippen LogP contribution >= 0.6 is 11.8 Å². The second kappa shape index (κ2) is 8.59. The summed E-state index contributed by atoms with van der Waals surface area (Å²) in [5.74, 6) is 1.83. The van der Waals surface area contributed by atoms with Crippen LogP contribution < -0.4 is 0 Å². The van der Waals surface area contributed by atoms with Gasteiger partial charge < -0.3 is 9.72 Å². The first kappa shape index (κ1) is 18.1. The molecule has 0 spiro atoms. The highest BCUT2D eigenvalue weighted by Gasteiger charge is 2.22. The molecule has 2 aromatic heterocycles. The number of benzene rings is 1. The topological polar surface area (TPSA) is 79.5 Å². The number of hydrogen-bond acceptors (Lipinski definition) is 5. The van der Waals surface area contributed by atoms with Crippen molar-refractivity contribution in [2.75, 3.05) is 12.4 Å². The smallest absolute Gasteiger partial charge is 0.191 e. The van der Waals surface area contributed by atoms with Crippen LogP contribution in [0.2, 0.25) is 0 Å². The Balaban J connectivity index is 1.61. The first-order valence-electron chi connectivity index (χ1n) is 9.48. The number of aromatic nitrogens is 4. The maximum Gasteiger partial charge on any atom is 0.191 e. The van der Waals surface area contributed by atoms with Crippen molar-refractivity contribution in [2.45, 2.75) is 49.9 Å². The Bertz CT molecular complexity index is 935. The van der Waals surface area contributed by atoms with E-state index in [9.17, 15) is 0 Å². The van der Waals surface area contributed by atoms with Crippen LogP contribution in [0, 0.1) is 11.3 Å². The maximum absolute atomic E-state index is 8.68. The summed E-state index contributed by atoms with van der Waals surface area (Å²) < 4.78 is 8.08. The highest BCUT2D eigenvalue weighted by molar-refractivity contribution is 7.99. The van der Waals surface area contributed by atoms with Crippen LogP contribution in [0.1, 0.15) is 32.1 Å². The van der Waals surface area contributed by atoms with Gasteiger partial charge in [-0.2, -0.15) is 5.26 Å². The van der Waals surface area contributed by atoms with E-state index >= 15 is 0 Å². The molecule has 1 atom stereocenters. The highest BCUT2D eigenvalue weighted by Crippen LogP contribution is 2.31. The number of rotatable bonds is 8. The number of thioether (sulfide) groups is 1. The van der Waals surface area contributed by atoms with Crippen LogP contribution in [0.5, 0.6) is 0 Å². The zero-order valence-electron chi connectivity index (χ0n) is 15.2. The van der Waals surface area contributed by atoms with Crippen LogP contribution in [-0.2, 0) is 11.3 Å². The summed E-state index contributed by atoms with van der Waals surface area (Å²) >= 11 is 1.72. The van der Waals surface area contributed by atoms with Crippen LogP contribution in [0.3, 0.4) is 0 Å². The molecule has 6 nitrogen and oxygen atoms in total. The molecule has 3 aromatic rings. The lowest BCUT2D eigenvalue weighted by atomic mass is 10.1. The number of nitriles is 1. The summed E-state index contributed by atoms with van der Waals surface area (Å²) in [7, 11) is 0. The molecule has 1 aromatic carbocycles. The zero-order chi connectivity index (χ0) is 18.5. The van der Waals surface area contributed by atoms with Gasteiger partial charge in [0.05, 0.1) is 18.7 Å².